The highest BCUT2D eigenvalue weighted by Crippen LogP contribution is 2.29. The van der Waals surface area contributed by atoms with Gasteiger partial charge in [-0.05, 0) is 68.4 Å². The number of nitrogens with one attached hydrogen (secondary N) is 2. The van der Waals surface area contributed by atoms with Crippen molar-refractivity contribution in [2.45, 2.75) is 13.3 Å². The third-order valence-electron chi connectivity index (χ3n) is 7.57. The van der Waals surface area contributed by atoms with E-state index in [1.54, 1.807) is 56.5 Å². The van der Waals surface area contributed by atoms with Gasteiger partial charge < -0.3 is 19.4 Å². The number of nitrogens with zero attached hydrogens (tertiary/aromatic N) is 2. The third-order valence-corrected chi connectivity index (χ3v) is 8.18. The Balaban J connectivity index is 1.22. The molecule has 3 aromatic carbocycles. The first-order valence-corrected chi connectivity index (χ1v) is 16.1. The average Bonchev–Trinajstić information content (AvgIpc) is 3.00. The second kappa shape index (κ2) is 12.9. The van der Waals surface area contributed by atoms with Crippen LogP contribution >= 0.6 is 0 Å². The number of hydrogen-bond acceptors (Lipinski definition) is 8. The normalized spacial score (nSPS) is 14.1. The van der Waals surface area contributed by atoms with Gasteiger partial charge in [0, 0.05) is 49.5 Å². The van der Waals surface area contributed by atoms with Crippen molar-refractivity contribution in [1.82, 2.24) is 10.2 Å². The quantitative estimate of drug-likeness (QED) is 0.260. The van der Waals surface area contributed by atoms with E-state index in [-0.39, 0.29) is 22.5 Å². The Hall–Kier alpha value is -4.35. The minimum Gasteiger partial charge on any atom is -0.495 e. The maximum Gasteiger partial charge on any atom is 0.255 e. The van der Waals surface area contributed by atoms with E-state index >= 15 is 0 Å². The first kappa shape index (κ1) is 30.1. The van der Waals surface area contributed by atoms with Crippen molar-refractivity contribution in [3.05, 3.63) is 88.1 Å². The van der Waals surface area contributed by atoms with E-state index < -0.39 is 10.0 Å². The Morgan fingerprint density at radius 1 is 0.977 bits per heavy atom. The molecule has 0 radical (unpaired) electrons. The Morgan fingerprint density at radius 2 is 1.70 bits per heavy atom. The minimum absolute atomic E-state index is 0.219. The molecular weight excluding hydrogens is 568 g/mol. The highest BCUT2D eigenvalue weighted by Gasteiger charge is 2.21. The van der Waals surface area contributed by atoms with E-state index in [9.17, 15) is 18.0 Å². The molecule has 0 aliphatic carbocycles. The van der Waals surface area contributed by atoms with Crippen molar-refractivity contribution in [3.63, 3.8) is 0 Å². The lowest BCUT2D eigenvalue weighted by molar-refractivity contribution is 0.0952. The molecule has 0 spiro atoms. The van der Waals surface area contributed by atoms with Crippen molar-refractivity contribution in [3.8, 4) is 17.1 Å². The molecule has 10 nitrogen and oxygen atoms in total. The summed E-state index contributed by atoms with van der Waals surface area (Å²) in [7, 11) is -1.73. The van der Waals surface area contributed by atoms with Gasteiger partial charge in [-0.15, -0.1) is 0 Å². The van der Waals surface area contributed by atoms with Gasteiger partial charge in [-0.3, -0.25) is 19.2 Å². The summed E-state index contributed by atoms with van der Waals surface area (Å²) in [6.07, 6.45) is 1.86. The molecule has 1 saturated heterocycles. The summed E-state index contributed by atoms with van der Waals surface area (Å²) in [6.45, 7) is 6.67. The number of methoxy groups -OCH3 is 1. The number of fused-ring (bicyclic) bond motifs is 1. The fourth-order valence-electron chi connectivity index (χ4n) is 5.37. The van der Waals surface area contributed by atoms with Crippen molar-refractivity contribution >= 4 is 38.3 Å². The lowest BCUT2D eigenvalue weighted by atomic mass is 10.0. The molecule has 4 aromatic rings. The first-order valence-electron chi connectivity index (χ1n) is 14.2. The molecule has 2 N–H and O–H groups in total. The maximum atomic E-state index is 13.2. The van der Waals surface area contributed by atoms with E-state index in [4.69, 9.17) is 9.15 Å². The van der Waals surface area contributed by atoms with Gasteiger partial charge in [0.15, 0.2) is 11.0 Å². The highest BCUT2D eigenvalue weighted by molar-refractivity contribution is 7.92. The summed E-state index contributed by atoms with van der Waals surface area (Å²) in [4.78, 5) is 31.2. The van der Waals surface area contributed by atoms with E-state index in [1.807, 2.05) is 18.2 Å². The molecule has 2 heterocycles. The maximum absolute atomic E-state index is 13.2. The molecule has 0 atom stereocenters. The Morgan fingerprint density at radius 3 is 2.40 bits per heavy atom. The van der Waals surface area contributed by atoms with Crippen molar-refractivity contribution in [2.24, 2.45) is 0 Å². The smallest absolute Gasteiger partial charge is 0.255 e. The summed E-state index contributed by atoms with van der Waals surface area (Å²) in [5.41, 5.74) is 2.78. The molecule has 226 valence electrons. The van der Waals surface area contributed by atoms with Crippen LogP contribution in [-0.4, -0.2) is 71.9 Å². The number of ether oxygens (including phenoxy) is 1. The number of sulfonamides is 1. The minimum atomic E-state index is -3.42. The zero-order valence-electron chi connectivity index (χ0n) is 24.6. The molecule has 0 unspecified atom stereocenters. The number of amides is 1. The second-order valence-corrected chi connectivity index (χ2v) is 12.4. The van der Waals surface area contributed by atoms with Crippen LogP contribution < -0.4 is 25.1 Å². The zero-order chi connectivity index (χ0) is 30.6. The Bertz CT molecular complexity index is 1780. The van der Waals surface area contributed by atoms with E-state index in [2.05, 4.69) is 25.9 Å². The van der Waals surface area contributed by atoms with Gasteiger partial charge in [-0.25, -0.2) is 8.42 Å². The molecule has 1 aromatic heterocycles. The van der Waals surface area contributed by atoms with Crippen LogP contribution in [0.1, 0.15) is 22.3 Å². The number of carbonyl (C=O) groups excluding carboxylic acids is 1. The molecule has 1 aliphatic heterocycles. The van der Waals surface area contributed by atoms with Gasteiger partial charge in [-0.2, -0.15) is 0 Å². The van der Waals surface area contributed by atoms with Crippen LogP contribution in [0.2, 0.25) is 0 Å². The van der Waals surface area contributed by atoms with Crippen LogP contribution in [0.4, 0.5) is 11.4 Å². The van der Waals surface area contributed by atoms with Crippen LogP contribution in [-0.2, 0) is 10.0 Å². The molecule has 1 amide bonds. The Labute approximate surface area is 251 Å². The van der Waals surface area contributed by atoms with Crippen LogP contribution in [0, 0.1) is 6.92 Å². The van der Waals surface area contributed by atoms with Crippen LogP contribution in [0.3, 0.4) is 0 Å². The molecule has 43 heavy (non-hydrogen) atoms. The summed E-state index contributed by atoms with van der Waals surface area (Å²) in [6, 6.07) is 19.6. The van der Waals surface area contributed by atoms with Gasteiger partial charge in [0.25, 0.3) is 5.91 Å². The van der Waals surface area contributed by atoms with Crippen molar-refractivity contribution < 1.29 is 22.4 Å². The number of piperazine rings is 1. The summed E-state index contributed by atoms with van der Waals surface area (Å²) in [5.74, 6) is 0.901. The van der Waals surface area contributed by atoms with Crippen LogP contribution in [0.5, 0.6) is 5.75 Å². The third kappa shape index (κ3) is 7.00. The molecule has 1 fully saturated rings. The van der Waals surface area contributed by atoms with Crippen LogP contribution in [0.15, 0.2) is 75.9 Å². The summed E-state index contributed by atoms with van der Waals surface area (Å²) in [5, 5.41) is 3.31. The van der Waals surface area contributed by atoms with Crippen molar-refractivity contribution in [2.75, 3.05) is 62.3 Å². The van der Waals surface area contributed by atoms with Gasteiger partial charge in [0.1, 0.15) is 11.5 Å². The first-order chi connectivity index (χ1) is 20.6. The molecule has 11 heteroatoms. The predicted octanol–water partition coefficient (Wildman–Crippen LogP) is 4.09. The number of benzene rings is 3. The van der Waals surface area contributed by atoms with Gasteiger partial charge in [0.05, 0.1) is 30.0 Å². The number of para-hydroxylation sites is 3. The lowest BCUT2D eigenvalue weighted by Crippen LogP contribution is -2.47. The van der Waals surface area contributed by atoms with Gasteiger partial charge >= 0.3 is 0 Å². The number of carbonyl (C=O) groups is 1. The molecule has 0 bridgehead atoms. The summed E-state index contributed by atoms with van der Waals surface area (Å²) < 4.78 is 37.2. The Kier molecular flexibility index (Phi) is 9.02. The molecule has 0 saturated carbocycles. The second-order valence-electron chi connectivity index (χ2n) is 10.6. The monoisotopic (exact) mass is 604 g/mol. The fourth-order valence-corrected chi connectivity index (χ4v) is 5.93. The predicted molar refractivity (Wildman–Crippen MR) is 170 cm³/mol. The topological polar surface area (TPSA) is 121 Å². The van der Waals surface area contributed by atoms with Crippen molar-refractivity contribution in [1.29, 1.82) is 0 Å². The van der Waals surface area contributed by atoms with E-state index in [0.29, 0.717) is 34.5 Å². The number of rotatable bonds is 10. The standard InChI is InChI=1S/C32H36N4O6S/c1-22-29(37)25-8-6-9-26(31(25)42-30(22)23-12-14-24(15-13-23)34-43(3,39)40)32(38)33-16-7-17-35-18-20-36(21-19-35)27-10-4-5-11-28(27)41-2/h4-6,8-15,34H,7,16-21H2,1-3H3,(H,33,38). The highest BCUT2D eigenvalue weighted by atomic mass is 32.2. The van der Waals surface area contributed by atoms with E-state index in [0.717, 1.165) is 56.8 Å². The molecule has 5 rings (SSSR count). The van der Waals surface area contributed by atoms with E-state index in [1.165, 1.54) is 0 Å². The molecular formula is C32H36N4O6S. The van der Waals surface area contributed by atoms with Gasteiger partial charge in [-0.1, -0.05) is 18.2 Å². The lowest BCUT2D eigenvalue weighted by Gasteiger charge is -2.36. The fraction of sp³-hybridized carbons (Fsp3) is 0.312. The molecule has 1 aliphatic rings. The zero-order valence-corrected chi connectivity index (χ0v) is 25.4. The average molecular weight is 605 g/mol. The largest absolute Gasteiger partial charge is 0.495 e. The summed E-state index contributed by atoms with van der Waals surface area (Å²) >= 11 is 0. The number of anilines is 2. The SMILES string of the molecule is COc1ccccc1N1CCN(CCCNC(=O)c2cccc3c(=O)c(C)c(-c4ccc(NS(C)(=O)=O)cc4)oc23)CC1. The van der Waals surface area contributed by atoms with Crippen LogP contribution in [0.25, 0.3) is 22.3 Å². The van der Waals surface area contributed by atoms with Gasteiger partial charge in [0.2, 0.25) is 10.0 Å². The number of hydrogen-bond donors (Lipinski definition) is 2.